The fourth-order valence-corrected chi connectivity index (χ4v) is 1.45. The minimum atomic E-state index is 0.166. The number of hydrogen-bond donors (Lipinski definition) is 1. The third kappa shape index (κ3) is 2.45. The molecule has 5 heteroatoms. The molecule has 0 unspecified atom stereocenters. The average Bonchev–Trinajstić information content (AvgIpc) is 2.78. The van der Waals surface area contributed by atoms with Gasteiger partial charge >= 0.3 is 0 Å². The normalized spacial score (nSPS) is 10.7. The van der Waals surface area contributed by atoms with Gasteiger partial charge in [-0.05, 0) is 25.5 Å². The molecule has 0 aliphatic carbocycles. The van der Waals surface area contributed by atoms with Crippen LogP contribution in [0.2, 0.25) is 0 Å². The number of para-hydroxylation sites is 1. The molecule has 1 heterocycles. The maximum atomic E-state index is 9.88. The quantitative estimate of drug-likeness (QED) is 0.878. The van der Waals surface area contributed by atoms with Crippen molar-refractivity contribution in [2.45, 2.75) is 20.5 Å². The Labute approximate surface area is 99.0 Å². The second-order valence-corrected chi connectivity index (χ2v) is 3.62. The Bertz CT molecular complexity index is 508. The fourth-order valence-electron chi connectivity index (χ4n) is 1.45. The number of ether oxygens (including phenoxy) is 1. The summed E-state index contributed by atoms with van der Waals surface area (Å²) < 4.78 is 10.3. The highest BCUT2D eigenvalue weighted by Crippen LogP contribution is 2.30. The van der Waals surface area contributed by atoms with E-state index in [1.165, 1.54) is 0 Å². The van der Waals surface area contributed by atoms with Gasteiger partial charge in [0.05, 0.1) is 5.56 Å². The van der Waals surface area contributed by atoms with Gasteiger partial charge in [-0.15, -0.1) is 0 Å². The molecule has 2 rings (SSSR count). The first-order valence-corrected chi connectivity index (χ1v) is 5.41. The van der Waals surface area contributed by atoms with Crippen molar-refractivity contribution < 1.29 is 14.4 Å². The van der Waals surface area contributed by atoms with Crippen molar-refractivity contribution in [1.82, 2.24) is 10.1 Å². The van der Waals surface area contributed by atoms with Gasteiger partial charge in [-0.1, -0.05) is 17.3 Å². The Hall–Kier alpha value is -1.88. The van der Waals surface area contributed by atoms with Crippen molar-refractivity contribution in [2.75, 3.05) is 6.61 Å². The van der Waals surface area contributed by atoms with Gasteiger partial charge in [0.25, 0.3) is 5.89 Å². The fraction of sp³-hybridized carbons (Fsp3) is 0.333. The van der Waals surface area contributed by atoms with E-state index in [0.29, 0.717) is 30.5 Å². The highest BCUT2D eigenvalue weighted by atomic mass is 16.5. The molecule has 0 saturated heterocycles. The molecule has 0 radical (unpaired) electrons. The van der Waals surface area contributed by atoms with E-state index in [9.17, 15) is 5.11 Å². The SMILES string of the molecule is CCOCc1noc(-c2cccc(C)c2O)n1. The summed E-state index contributed by atoms with van der Waals surface area (Å²) in [5, 5.41) is 13.7. The molecular weight excluding hydrogens is 220 g/mol. The highest BCUT2D eigenvalue weighted by molar-refractivity contribution is 5.64. The minimum Gasteiger partial charge on any atom is -0.507 e. The molecular formula is C12H14N2O3. The van der Waals surface area contributed by atoms with Crippen LogP contribution in [0, 0.1) is 6.92 Å². The van der Waals surface area contributed by atoms with Crippen molar-refractivity contribution in [3.8, 4) is 17.2 Å². The number of nitrogens with zero attached hydrogens (tertiary/aromatic N) is 2. The standard InChI is InChI=1S/C12H14N2O3/c1-3-16-7-10-13-12(17-14-10)9-6-4-5-8(2)11(9)15/h4-6,15H,3,7H2,1-2H3. The van der Waals surface area contributed by atoms with Crippen LogP contribution < -0.4 is 0 Å². The van der Waals surface area contributed by atoms with Crippen LogP contribution in [-0.4, -0.2) is 21.9 Å². The van der Waals surface area contributed by atoms with Crippen LogP contribution in [0.1, 0.15) is 18.3 Å². The smallest absolute Gasteiger partial charge is 0.261 e. The van der Waals surface area contributed by atoms with Gasteiger partial charge in [-0.2, -0.15) is 4.98 Å². The zero-order valence-corrected chi connectivity index (χ0v) is 9.80. The lowest BCUT2D eigenvalue weighted by molar-refractivity contribution is 0.126. The van der Waals surface area contributed by atoms with Crippen LogP contribution in [0.3, 0.4) is 0 Å². The summed E-state index contributed by atoms with van der Waals surface area (Å²) >= 11 is 0. The summed E-state index contributed by atoms with van der Waals surface area (Å²) in [6.07, 6.45) is 0. The molecule has 0 bridgehead atoms. The number of aromatic hydroxyl groups is 1. The van der Waals surface area contributed by atoms with Crippen LogP contribution in [-0.2, 0) is 11.3 Å². The second kappa shape index (κ2) is 4.97. The van der Waals surface area contributed by atoms with E-state index in [4.69, 9.17) is 9.26 Å². The molecule has 0 aliphatic heterocycles. The number of rotatable bonds is 4. The maximum absolute atomic E-state index is 9.88. The number of phenols is 1. The Morgan fingerprint density at radius 3 is 3.00 bits per heavy atom. The van der Waals surface area contributed by atoms with E-state index >= 15 is 0 Å². The summed E-state index contributed by atoms with van der Waals surface area (Å²) in [6.45, 7) is 4.62. The number of aromatic nitrogens is 2. The Morgan fingerprint density at radius 1 is 1.41 bits per heavy atom. The zero-order chi connectivity index (χ0) is 12.3. The van der Waals surface area contributed by atoms with E-state index in [1.807, 2.05) is 26.0 Å². The summed E-state index contributed by atoms with van der Waals surface area (Å²) in [4.78, 5) is 4.16. The second-order valence-electron chi connectivity index (χ2n) is 3.62. The highest BCUT2D eigenvalue weighted by Gasteiger charge is 2.13. The van der Waals surface area contributed by atoms with E-state index in [0.717, 1.165) is 5.56 Å². The van der Waals surface area contributed by atoms with E-state index in [2.05, 4.69) is 10.1 Å². The molecule has 0 amide bonds. The summed E-state index contributed by atoms with van der Waals surface area (Å²) in [5.74, 6) is 0.947. The number of benzene rings is 1. The predicted octanol–water partition coefficient (Wildman–Crippen LogP) is 2.29. The van der Waals surface area contributed by atoms with Gasteiger partial charge in [0.1, 0.15) is 12.4 Å². The lowest BCUT2D eigenvalue weighted by Gasteiger charge is -2.01. The van der Waals surface area contributed by atoms with Crippen LogP contribution >= 0.6 is 0 Å². The monoisotopic (exact) mass is 234 g/mol. The van der Waals surface area contributed by atoms with E-state index < -0.39 is 0 Å². The topological polar surface area (TPSA) is 68.4 Å². The Balaban J connectivity index is 2.27. The van der Waals surface area contributed by atoms with Gasteiger partial charge in [0.2, 0.25) is 0 Å². The first kappa shape index (κ1) is 11.6. The largest absolute Gasteiger partial charge is 0.507 e. The third-order valence-corrected chi connectivity index (χ3v) is 2.37. The maximum Gasteiger partial charge on any atom is 0.261 e. The van der Waals surface area contributed by atoms with E-state index in [1.54, 1.807) is 6.07 Å². The predicted molar refractivity (Wildman–Crippen MR) is 61.5 cm³/mol. The molecule has 1 aromatic carbocycles. The molecule has 0 atom stereocenters. The van der Waals surface area contributed by atoms with Crippen molar-refractivity contribution in [1.29, 1.82) is 0 Å². The molecule has 0 fully saturated rings. The zero-order valence-electron chi connectivity index (χ0n) is 9.80. The first-order chi connectivity index (χ1) is 8.22. The van der Waals surface area contributed by atoms with Crippen molar-refractivity contribution in [3.63, 3.8) is 0 Å². The van der Waals surface area contributed by atoms with Crippen molar-refractivity contribution in [2.24, 2.45) is 0 Å². The van der Waals surface area contributed by atoms with E-state index in [-0.39, 0.29) is 5.75 Å². The van der Waals surface area contributed by atoms with Gasteiger partial charge in [-0.3, -0.25) is 0 Å². The lowest BCUT2D eigenvalue weighted by Crippen LogP contribution is -1.93. The third-order valence-electron chi connectivity index (χ3n) is 2.37. The summed E-state index contributed by atoms with van der Waals surface area (Å²) in [5.41, 5.74) is 1.31. The van der Waals surface area contributed by atoms with Gasteiger partial charge in [-0.25, -0.2) is 0 Å². The molecule has 17 heavy (non-hydrogen) atoms. The van der Waals surface area contributed by atoms with Crippen molar-refractivity contribution in [3.05, 3.63) is 29.6 Å². The molecule has 0 saturated carbocycles. The molecule has 2 aromatic rings. The summed E-state index contributed by atoms with van der Waals surface area (Å²) in [7, 11) is 0. The molecule has 0 aliphatic rings. The molecule has 90 valence electrons. The molecule has 5 nitrogen and oxygen atoms in total. The van der Waals surface area contributed by atoms with Gasteiger partial charge < -0.3 is 14.4 Å². The summed E-state index contributed by atoms with van der Waals surface area (Å²) in [6, 6.07) is 5.38. The lowest BCUT2D eigenvalue weighted by atomic mass is 10.1. The molecule has 1 aromatic heterocycles. The molecule has 0 spiro atoms. The number of aryl methyl sites for hydroxylation is 1. The van der Waals surface area contributed by atoms with Gasteiger partial charge in [0, 0.05) is 6.61 Å². The Kier molecular flexibility index (Phi) is 3.39. The van der Waals surface area contributed by atoms with Crippen LogP contribution in [0.25, 0.3) is 11.5 Å². The van der Waals surface area contributed by atoms with Crippen LogP contribution in [0.5, 0.6) is 5.75 Å². The Morgan fingerprint density at radius 2 is 2.24 bits per heavy atom. The number of hydrogen-bond acceptors (Lipinski definition) is 5. The minimum absolute atomic E-state index is 0.166. The average molecular weight is 234 g/mol. The molecule has 1 N–H and O–H groups in total. The van der Waals surface area contributed by atoms with Crippen LogP contribution in [0.15, 0.2) is 22.7 Å². The number of phenolic OH excluding ortho intramolecular Hbond substituents is 1. The van der Waals surface area contributed by atoms with Crippen LogP contribution in [0.4, 0.5) is 0 Å². The first-order valence-electron chi connectivity index (χ1n) is 5.41. The van der Waals surface area contributed by atoms with Crippen molar-refractivity contribution >= 4 is 0 Å². The van der Waals surface area contributed by atoms with Gasteiger partial charge in [0.15, 0.2) is 5.82 Å².